The number of carbonyl (C=O) groups is 1. The Labute approximate surface area is 184 Å². The van der Waals surface area contributed by atoms with Crippen LogP contribution < -0.4 is 14.8 Å². The van der Waals surface area contributed by atoms with Crippen LogP contribution in [0.15, 0.2) is 53.7 Å². The normalized spacial score (nSPS) is 16.6. The quantitative estimate of drug-likeness (QED) is 0.441. The van der Waals surface area contributed by atoms with Crippen molar-refractivity contribution in [1.29, 1.82) is 0 Å². The van der Waals surface area contributed by atoms with Crippen LogP contribution in [0.5, 0.6) is 11.5 Å². The van der Waals surface area contributed by atoms with Gasteiger partial charge in [0, 0.05) is 6.42 Å². The Balaban J connectivity index is 1.43. The van der Waals surface area contributed by atoms with Crippen LogP contribution in [-0.2, 0) is 11.2 Å². The van der Waals surface area contributed by atoms with E-state index >= 15 is 0 Å². The fourth-order valence-corrected chi connectivity index (χ4v) is 4.54. The molecule has 7 nitrogen and oxygen atoms in total. The highest BCUT2D eigenvalue weighted by atomic mass is 32.1. The second-order valence-corrected chi connectivity index (χ2v) is 8.37. The first-order chi connectivity index (χ1) is 15.1. The number of anilines is 1. The van der Waals surface area contributed by atoms with Gasteiger partial charge in [-0.3, -0.25) is 10.1 Å². The number of thiazole rings is 1. The average Bonchev–Trinajstić information content (AvgIpc) is 3.20. The number of fused-ring (bicyclic) bond motifs is 1. The third-order valence-electron chi connectivity index (χ3n) is 5.18. The molecule has 1 aliphatic carbocycles. The minimum Gasteiger partial charge on any atom is -0.497 e. The van der Waals surface area contributed by atoms with Crippen molar-refractivity contribution in [2.45, 2.75) is 25.7 Å². The van der Waals surface area contributed by atoms with Crippen LogP contribution in [0.3, 0.4) is 0 Å². The van der Waals surface area contributed by atoms with Gasteiger partial charge in [-0.25, -0.2) is 4.98 Å². The lowest BCUT2D eigenvalue weighted by Crippen LogP contribution is -2.20. The number of ether oxygens (including phenoxy) is 2. The van der Waals surface area contributed by atoms with Crippen molar-refractivity contribution in [2.24, 2.45) is 5.16 Å². The zero-order valence-corrected chi connectivity index (χ0v) is 18.1. The van der Waals surface area contributed by atoms with Gasteiger partial charge in [0.25, 0.3) is 5.91 Å². The van der Waals surface area contributed by atoms with Gasteiger partial charge in [-0.15, -0.1) is 0 Å². The number of aryl methyl sites for hydroxylation is 1. The molecular formula is C23H23N3O4S. The smallest absolute Gasteiger partial charge is 0.264 e. The second kappa shape index (κ2) is 9.18. The molecule has 160 valence electrons. The summed E-state index contributed by atoms with van der Waals surface area (Å²) in [6.07, 6.45) is 1.30. The van der Waals surface area contributed by atoms with Gasteiger partial charge in [0.05, 0.1) is 23.4 Å². The summed E-state index contributed by atoms with van der Waals surface area (Å²) in [6, 6.07) is 15.4. The first kappa shape index (κ1) is 20.9. The first-order valence-corrected chi connectivity index (χ1v) is 10.7. The van der Waals surface area contributed by atoms with Gasteiger partial charge in [0.1, 0.15) is 11.5 Å². The Morgan fingerprint density at radius 2 is 1.87 bits per heavy atom. The van der Waals surface area contributed by atoms with E-state index in [4.69, 9.17) is 9.47 Å². The molecule has 1 aliphatic rings. The van der Waals surface area contributed by atoms with Crippen molar-refractivity contribution in [2.75, 3.05) is 19.0 Å². The van der Waals surface area contributed by atoms with E-state index in [0.717, 1.165) is 27.4 Å². The summed E-state index contributed by atoms with van der Waals surface area (Å²) < 4.78 is 10.7. The third-order valence-corrected chi connectivity index (χ3v) is 6.25. The first-order valence-electron chi connectivity index (χ1n) is 9.90. The molecule has 1 amide bonds. The summed E-state index contributed by atoms with van der Waals surface area (Å²) in [4.78, 5) is 17.7. The number of benzene rings is 2. The lowest BCUT2D eigenvalue weighted by atomic mass is 9.84. The second-order valence-electron chi connectivity index (χ2n) is 7.37. The highest BCUT2D eigenvalue weighted by Crippen LogP contribution is 2.37. The minimum atomic E-state index is -0.291. The number of hydrogen-bond donors (Lipinski definition) is 2. The zero-order valence-electron chi connectivity index (χ0n) is 17.3. The molecule has 1 atom stereocenters. The molecule has 2 aromatic carbocycles. The molecule has 0 bridgehead atoms. The third kappa shape index (κ3) is 4.86. The highest BCUT2D eigenvalue weighted by Gasteiger charge is 2.29. The van der Waals surface area contributed by atoms with E-state index in [1.165, 1.54) is 11.3 Å². The number of hydrogen-bond acceptors (Lipinski definition) is 7. The van der Waals surface area contributed by atoms with Gasteiger partial charge >= 0.3 is 0 Å². The molecule has 8 heteroatoms. The van der Waals surface area contributed by atoms with E-state index in [9.17, 15) is 10.0 Å². The fraction of sp³-hybridized carbons (Fsp3) is 0.261. The monoisotopic (exact) mass is 437 g/mol. The molecule has 1 aromatic heterocycles. The molecule has 0 aliphatic heterocycles. The standard InChI is InChI=1S/C23H23N3O4S/c1-14-3-7-18(8-4-14)30-13-21(27)25-23-24-19-11-16(12-20(26-28)22(19)31-23)15-5-9-17(29-2)10-6-15/h3-10,16,28H,11-13H2,1-2H3,(H,24,25,27)/b26-20+. The topological polar surface area (TPSA) is 93.0 Å². The van der Waals surface area contributed by atoms with Crippen LogP contribution in [0.2, 0.25) is 0 Å². The Bertz CT molecular complexity index is 1090. The van der Waals surface area contributed by atoms with Gasteiger partial charge < -0.3 is 14.7 Å². The van der Waals surface area contributed by atoms with E-state index in [2.05, 4.69) is 15.5 Å². The largest absolute Gasteiger partial charge is 0.497 e. The van der Waals surface area contributed by atoms with E-state index < -0.39 is 0 Å². The fourth-order valence-electron chi connectivity index (χ4n) is 3.54. The predicted molar refractivity (Wildman–Crippen MR) is 120 cm³/mol. The van der Waals surface area contributed by atoms with E-state index in [1.807, 2.05) is 55.5 Å². The molecular weight excluding hydrogens is 414 g/mol. The highest BCUT2D eigenvalue weighted by molar-refractivity contribution is 7.17. The Hall–Kier alpha value is -3.39. The molecule has 0 fully saturated rings. The van der Waals surface area contributed by atoms with Crippen molar-refractivity contribution in [3.05, 3.63) is 70.2 Å². The van der Waals surface area contributed by atoms with E-state index in [0.29, 0.717) is 29.4 Å². The number of carbonyl (C=O) groups excluding carboxylic acids is 1. The molecule has 1 heterocycles. The van der Waals surface area contributed by atoms with Gasteiger partial charge in [-0.2, -0.15) is 0 Å². The van der Waals surface area contributed by atoms with Gasteiger partial charge in [0.2, 0.25) is 0 Å². The summed E-state index contributed by atoms with van der Waals surface area (Å²) in [6.45, 7) is 1.88. The number of nitrogens with one attached hydrogen (secondary N) is 1. The van der Waals surface area contributed by atoms with E-state index in [1.54, 1.807) is 7.11 Å². The Morgan fingerprint density at radius 1 is 1.16 bits per heavy atom. The molecule has 0 radical (unpaired) electrons. The van der Waals surface area contributed by atoms with Crippen LogP contribution in [0.1, 0.15) is 34.0 Å². The summed E-state index contributed by atoms with van der Waals surface area (Å²) in [5.41, 5.74) is 3.65. The van der Waals surface area contributed by atoms with Crippen LogP contribution in [0.4, 0.5) is 5.13 Å². The van der Waals surface area contributed by atoms with Crippen molar-refractivity contribution >= 4 is 28.1 Å². The maximum Gasteiger partial charge on any atom is 0.264 e. The molecule has 2 N–H and O–H groups in total. The molecule has 0 spiro atoms. The van der Waals surface area contributed by atoms with Crippen LogP contribution in [-0.4, -0.2) is 35.5 Å². The molecule has 0 saturated carbocycles. The van der Waals surface area contributed by atoms with Crippen molar-refractivity contribution < 1.29 is 19.5 Å². The maximum atomic E-state index is 12.3. The Morgan fingerprint density at radius 3 is 2.55 bits per heavy atom. The number of oxime groups is 1. The lowest BCUT2D eigenvalue weighted by Gasteiger charge is -2.22. The van der Waals surface area contributed by atoms with Gasteiger partial charge in [0.15, 0.2) is 11.7 Å². The summed E-state index contributed by atoms with van der Waals surface area (Å²) in [5.74, 6) is 1.28. The summed E-state index contributed by atoms with van der Waals surface area (Å²) >= 11 is 1.31. The number of aromatic nitrogens is 1. The van der Waals surface area contributed by atoms with Gasteiger partial charge in [-0.1, -0.05) is 46.3 Å². The van der Waals surface area contributed by atoms with Gasteiger partial charge in [-0.05, 0) is 49.1 Å². The molecule has 1 unspecified atom stereocenters. The van der Waals surface area contributed by atoms with Crippen molar-refractivity contribution in [1.82, 2.24) is 4.98 Å². The molecule has 0 saturated heterocycles. The van der Waals surface area contributed by atoms with Crippen LogP contribution in [0.25, 0.3) is 0 Å². The minimum absolute atomic E-state index is 0.108. The Kier molecular flexibility index (Phi) is 6.18. The number of methoxy groups -OCH3 is 1. The maximum absolute atomic E-state index is 12.3. The van der Waals surface area contributed by atoms with Crippen LogP contribution >= 0.6 is 11.3 Å². The zero-order chi connectivity index (χ0) is 21.8. The van der Waals surface area contributed by atoms with Crippen molar-refractivity contribution in [3.8, 4) is 11.5 Å². The van der Waals surface area contributed by atoms with Crippen molar-refractivity contribution in [3.63, 3.8) is 0 Å². The van der Waals surface area contributed by atoms with Crippen LogP contribution in [0, 0.1) is 6.92 Å². The molecule has 4 rings (SSSR count). The summed E-state index contributed by atoms with van der Waals surface area (Å²) in [7, 11) is 1.63. The number of rotatable bonds is 6. The number of nitrogens with zero attached hydrogens (tertiary/aromatic N) is 2. The molecule has 31 heavy (non-hydrogen) atoms. The number of amides is 1. The lowest BCUT2D eigenvalue weighted by molar-refractivity contribution is -0.118. The summed E-state index contributed by atoms with van der Waals surface area (Å²) in [5, 5.41) is 16.3. The predicted octanol–water partition coefficient (Wildman–Crippen LogP) is 4.39. The molecule has 3 aromatic rings. The average molecular weight is 438 g/mol. The SMILES string of the molecule is COc1ccc(C2C/C(=N\O)c3sc(NC(=O)COc4ccc(C)cc4)nc3C2)cc1. The van der Waals surface area contributed by atoms with E-state index in [-0.39, 0.29) is 18.4 Å².